The number of hydrogen-bond acceptors (Lipinski definition) is 5. The number of carbonyl (C=O) groups excluding carboxylic acids is 3. The van der Waals surface area contributed by atoms with Gasteiger partial charge < -0.3 is 30.7 Å². The molecule has 2 aromatic carbocycles. The molecule has 0 saturated carbocycles. The van der Waals surface area contributed by atoms with E-state index in [9.17, 15) is 14.4 Å². The number of benzene rings is 2. The van der Waals surface area contributed by atoms with E-state index in [2.05, 4.69) is 46.2 Å². The maximum atomic E-state index is 14.2. The van der Waals surface area contributed by atoms with Gasteiger partial charge in [0.15, 0.2) is 0 Å². The lowest BCUT2D eigenvalue weighted by Gasteiger charge is -2.40. The summed E-state index contributed by atoms with van der Waals surface area (Å²) in [4.78, 5) is 46.9. The monoisotopic (exact) mass is 654 g/mol. The molecule has 4 aliphatic heterocycles. The second kappa shape index (κ2) is 14.2. The van der Waals surface area contributed by atoms with Crippen molar-refractivity contribution < 1.29 is 14.4 Å². The minimum absolute atomic E-state index is 0.00624. The second-order valence-corrected chi connectivity index (χ2v) is 14.3. The zero-order valence-electron chi connectivity index (χ0n) is 28.4. The van der Waals surface area contributed by atoms with Gasteiger partial charge in [0.25, 0.3) is 0 Å². The number of likely N-dealkylation sites (tertiary alicyclic amines) is 2. The number of rotatable bonds is 6. The molecule has 3 N–H and O–H groups in total. The smallest absolute Gasteiger partial charge is 0.322 e. The highest BCUT2D eigenvalue weighted by molar-refractivity contribution is 5.91. The summed E-state index contributed by atoms with van der Waals surface area (Å²) in [5, 5.41) is 15.2. The van der Waals surface area contributed by atoms with E-state index in [1.165, 1.54) is 12.8 Å². The van der Waals surface area contributed by atoms with E-state index in [1.807, 2.05) is 50.8 Å². The molecule has 0 aliphatic carbocycles. The summed E-state index contributed by atoms with van der Waals surface area (Å²) in [6.45, 7) is 7.48. The predicted octanol–water partition coefficient (Wildman–Crippen LogP) is 4.30. The van der Waals surface area contributed by atoms with Gasteiger partial charge in [-0.15, -0.1) is 0 Å². The van der Waals surface area contributed by atoms with Crippen LogP contribution in [0.3, 0.4) is 0 Å². The normalized spacial score (nSPS) is 20.7. The maximum absolute atomic E-state index is 14.2. The van der Waals surface area contributed by atoms with Gasteiger partial charge in [-0.3, -0.25) is 9.48 Å². The molecule has 3 saturated heterocycles. The fraction of sp³-hybridized carbons (Fsp3) is 0.568. The number of anilines is 1. The number of aryl methyl sites for hydroxylation is 2. The number of urea groups is 2. The standard InChI is InChI=1S/C37H50N8O3/c1-25-21-26(22-30-24-39-42(2)34(25)30)23-33(35(46)43-16-9-28(10-17-43)27-7-14-38-15-8-27)41-36(47)44-18-12-31(13-19-44)45-20-11-29-5-3-4-6-32(29)40-37(45)48/h3-6,21-22,24,27-28,31,33,38H,7-20,23H2,1-2H3,(H,40,48)(H,41,47). The summed E-state index contributed by atoms with van der Waals surface area (Å²) in [6.07, 6.45) is 9.00. The number of para-hydroxylation sites is 1. The highest BCUT2D eigenvalue weighted by Gasteiger charge is 2.35. The Labute approximate surface area is 283 Å². The number of aromatic nitrogens is 2. The predicted molar refractivity (Wildman–Crippen MR) is 187 cm³/mol. The first-order chi connectivity index (χ1) is 23.3. The van der Waals surface area contributed by atoms with Crippen LogP contribution in [0.1, 0.15) is 55.2 Å². The summed E-state index contributed by atoms with van der Waals surface area (Å²) in [6, 6.07) is 11.3. The summed E-state index contributed by atoms with van der Waals surface area (Å²) in [7, 11) is 1.94. The maximum Gasteiger partial charge on any atom is 0.322 e. The molecule has 5 amide bonds. The lowest BCUT2D eigenvalue weighted by Crippen LogP contribution is -2.57. The van der Waals surface area contributed by atoms with Crippen molar-refractivity contribution in [1.29, 1.82) is 0 Å². The first-order valence-electron chi connectivity index (χ1n) is 18.0. The van der Waals surface area contributed by atoms with Crippen molar-refractivity contribution in [3.63, 3.8) is 0 Å². The second-order valence-electron chi connectivity index (χ2n) is 14.3. The van der Waals surface area contributed by atoms with E-state index < -0.39 is 6.04 Å². The minimum Gasteiger partial charge on any atom is -0.341 e. The van der Waals surface area contributed by atoms with E-state index in [4.69, 9.17) is 0 Å². The van der Waals surface area contributed by atoms with Crippen LogP contribution in [0.25, 0.3) is 10.9 Å². The Balaban J connectivity index is 1.01. The van der Waals surface area contributed by atoms with Gasteiger partial charge in [0, 0.05) is 63.3 Å². The van der Waals surface area contributed by atoms with E-state index in [0.717, 1.165) is 84.6 Å². The largest absolute Gasteiger partial charge is 0.341 e. The van der Waals surface area contributed by atoms with Gasteiger partial charge in [-0.05, 0) is 106 Å². The van der Waals surface area contributed by atoms with Gasteiger partial charge in [-0.25, -0.2) is 9.59 Å². The van der Waals surface area contributed by atoms with Crippen molar-refractivity contribution in [1.82, 2.24) is 35.1 Å². The van der Waals surface area contributed by atoms with Gasteiger partial charge in [-0.1, -0.05) is 24.3 Å². The summed E-state index contributed by atoms with van der Waals surface area (Å²) in [5.41, 5.74) is 5.23. The third kappa shape index (κ3) is 6.88. The fourth-order valence-electron chi connectivity index (χ4n) is 8.67. The third-order valence-corrected chi connectivity index (χ3v) is 11.4. The van der Waals surface area contributed by atoms with Crippen LogP contribution in [0.4, 0.5) is 15.3 Å². The van der Waals surface area contributed by atoms with Crippen LogP contribution < -0.4 is 16.0 Å². The van der Waals surface area contributed by atoms with Crippen molar-refractivity contribution in [2.75, 3.05) is 51.1 Å². The van der Waals surface area contributed by atoms with E-state index in [0.29, 0.717) is 44.8 Å². The van der Waals surface area contributed by atoms with Crippen LogP contribution in [0.5, 0.6) is 0 Å². The van der Waals surface area contributed by atoms with Gasteiger partial charge in [0.1, 0.15) is 6.04 Å². The molecule has 48 heavy (non-hydrogen) atoms. The number of nitrogens with one attached hydrogen (secondary N) is 3. The molecule has 256 valence electrons. The van der Waals surface area contributed by atoms with Crippen LogP contribution in [-0.2, 0) is 24.7 Å². The topological polar surface area (TPSA) is 115 Å². The van der Waals surface area contributed by atoms with Crippen LogP contribution >= 0.6 is 0 Å². The van der Waals surface area contributed by atoms with Crippen LogP contribution in [0.2, 0.25) is 0 Å². The van der Waals surface area contributed by atoms with Gasteiger partial charge >= 0.3 is 12.1 Å². The number of hydrogen-bond donors (Lipinski definition) is 3. The van der Waals surface area contributed by atoms with Crippen molar-refractivity contribution >= 4 is 34.6 Å². The minimum atomic E-state index is -0.658. The third-order valence-electron chi connectivity index (χ3n) is 11.4. The number of amides is 5. The average Bonchev–Trinajstić information content (AvgIpc) is 3.40. The molecule has 3 aromatic rings. The molecule has 11 nitrogen and oxygen atoms in total. The van der Waals surface area contributed by atoms with Crippen LogP contribution in [0, 0.1) is 18.8 Å². The zero-order chi connectivity index (χ0) is 33.2. The number of piperidine rings is 3. The van der Waals surface area contributed by atoms with Gasteiger partial charge in [0.2, 0.25) is 5.91 Å². The molecule has 0 radical (unpaired) electrons. The molecule has 3 fully saturated rings. The lowest BCUT2D eigenvalue weighted by molar-refractivity contribution is -0.135. The van der Waals surface area contributed by atoms with Crippen molar-refractivity contribution in [3.05, 3.63) is 59.3 Å². The highest BCUT2D eigenvalue weighted by atomic mass is 16.2. The molecule has 0 bridgehead atoms. The summed E-state index contributed by atoms with van der Waals surface area (Å²) < 4.78 is 1.88. The SMILES string of the molecule is Cc1cc(CC(NC(=O)N2CCC(N3CCc4ccccc4NC3=O)CC2)C(=O)N2CCC(C3CCNCC3)CC2)cc2cnn(C)c12. The highest BCUT2D eigenvalue weighted by Crippen LogP contribution is 2.31. The first kappa shape index (κ1) is 32.4. The Bertz CT molecular complexity index is 1630. The average molecular weight is 655 g/mol. The Morgan fingerprint density at radius 2 is 1.65 bits per heavy atom. The van der Waals surface area contributed by atoms with Gasteiger partial charge in [0.05, 0.1) is 11.7 Å². The van der Waals surface area contributed by atoms with E-state index >= 15 is 0 Å². The van der Waals surface area contributed by atoms with Crippen molar-refractivity contribution in [3.8, 4) is 0 Å². The number of carbonyl (C=O) groups is 3. The van der Waals surface area contributed by atoms with Crippen molar-refractivity contribution in [2.24, 2.45) is 18.9 Å². The fourth-order valence-corrected chi connectivity index (χ4v) is 8.67. The Kier molecular flexibility index (Phi) is 9.57. The molecule has 11 heteroatoms. The Morgan fingerprint density at radius 3 is 2.42 bits per heavy atom. The Morgan fingerprint density at radius 1 is 0.938 bits per heavy atom. The number of nitrogens with zero attached hydrogens (tertiary/aromatic N) is 5. The quantitative estimate of drug-likeness (QED) is 0.367. The molecule has 1 aromatic heterocycles. The van der Waals surface area contributed by atoms with E-state index in [1.54, 1.807) is 0 Å². The molecule has 5 heterocycles. The molecule has 7 rings (SSSR count). The van der Waals surface area contributed by atoms with Crippen molar-refractivity contribution in [2.45, 2.75) is 70.4 Å². The molecular weight excluding hydrogens is 604 g/mol. The molecule has 4 aliphatic rings. The van der Waals surface area contributed by atoms with Gasteiger partial charge in [-0.2, -0.15) is 5.10 Å². The summed E-state index contributed by atoms with van der Waals surface area (Å²) >= 11 is 0. The summed E-state index contributed by atoms with van der Waals surface area (Å²) in [5.74, 6) is 1.42. The molecule has 0 spiro atoms. The lowest BCUT2D eigenvalue weighted by atomic mass is 9.79. The van der Waals surface area contributed by atoms with E-state index in [-0.39, 0.29) is 24.0 Å². The Hall–Kier alpha value is -4.12. The van der Waals surface area contributed by atoms with Crippen LogP contribution in [0.15, 0.2) is 42.6 Å². The molecule has 1 atom stereocenters. The number of fused-ring (bicyclic) bond motifs is 2. The molecule has 1 unspecified atom stereocenters. The molecular formula is C37H50N8O3. The van der Waals surface area contributed by atoms with Crippen LogP contribution in [-0.4, -0.2) is 100 Å². The first-order valence-corrected chi connectivity index (χ1v) is 18.0. The zero-order valence-corrected chi connectivity index (χ0v) is 28.4.